The molecule has 0 fully saturated rings. The third-order valence-corrected chi connectivity index (χ3v) is 0.591. The zero-order chi connectivity index (χ0) is 10.4. The van der Waals surface area contributed by atoms with Crippen molar-refractivity contribution in [2.24, 2.45) is 5.73 Å². The number of alkyl halides is 3. The molecule has 0 aromatic rings. The third kappa shape index (κ3) is 11.5. The lowest BCUT2D eigenvalue weighted by Gasteiger charge is -1.93. The minimum Gasteiger partial charge on any atom is -0.475 e. The number of carboxylic acid groups (broad SMARTS) is 1. The number of hydrogen-bond acceptors (Lipinski definition) is 2. The Balaban J connectivity index is 0. The monoisotopic (exact) mass is 187 g/mol. The van der Waals surface area contributed by atoms with Gasteiger partial charge in [0.2, 0.25) is 5.91 Å². The molecule has 3 N–H and O–H groups in total. The number of rotatable bonds is 1. The molecule has 0 aliphatic carbocycles. The van der Waals surface area contributed by atoms with Crippen molar-refractivity contribution in [3.63, 3.8) is 0 Å². The largest absolute Gasteiger partial charge is 0.490 e. The van der Waals surface area contributed by atoms with Crippen LogP contribution in [0.2, 0.25) is 0 Å². The molecular formula is C5H8F3NO3. The van der Waals surface area contributed by atoms with E-state index in [0.717, 1.165) is 0 Å². The lowest BCUT2D eigenvalue weighted by Crippen LogP contribution is -2.21. The van der Waals surface area contributed by atoms with Crippen LogP contribution in [-0.4, -0.2) is 23.2 Å². The van der Waals surface area contributed by atoms with Crippen molar-refractivity contribution in [1.82, 2.24) is 0 Å². The number of hydrogen-bond donors (Lipinski definition) is 2. The van der Waals surface area contributed by atoms with Crippen LogP contribution in [0.15, 0.2) is 0 Å². The van der Waals surface area contributed by atoms with Crippen molar-refractivity contribution in [1.29, 1.82) is 0 Å². The number of carbonyl (C=O) groups excluding carboxylic acids is 1. The van der Waals surface area contributed by atoms with Crippen LogP contribution in [0.4, 0.5) is 13.2 Å². The molecule has 0 heterocycles. The van der Waals surface area contributed by atoms with Gasteiger partial charge in [-0.1, -0.05) is 6.92 Å². The fourth-order valence-electron chi connectivity index (χ4n) is 0. The van der Waals surface area contributed by atoms with Crippen molar-refractivity contribution in [3.05, 3.63) is 0 Å². The molecular weight excluding hydrogens is 179 g/mol. The van der Waals surface area contributed by atoms with E-state index < -0.39 is 12.1 Å². The first kappa shape index (κ1) is 13.3. The van der Waals surface area contributed by atoms with Gasteiger partial charge in [0.25, 0.3) is 0 Å². The molecule has 1 amide bonds. The molecule has 0 rings (SSSR count). The zero-order valence-corrected chi connectivity index (χ0v) is 6.18. The zero-order valence-electron chi connectivity index (χ0n) is 6.18. The summed E-state index contributed by atoms with van der Waals surface area (Å²) < 4.78 is 31.7. The molecule has 0 saturated carbocycles. The van der Waals surface area contributed by atoms with Crippen molar-refractivity contribution >= 4 is 11.9 Å². The van der Waals surface area contributed by atoms with Gasteiger partial charge in [0.05, 0.1) is 0 Å². The van der Waals surface area contributed by atoms with Gasteiger partial charge in [-0.25, -0.2) is 4.79 Å². The normalized spacial score (nSPS) is 9.67. The summed E-state index contributed by atoms with van der Waals surface area (Å²) in [5, 5.41) is 7.12. The first-order valence-electron chi connectivity index (χ1n) is 2.80. The number of aliphatic carboxylic acids is 1. The Bertz CT molecular complexity index is 166. The van der Waals surface area contributed by atoms with E-state index in [9.17, 15) is 18.0 Å². The maximum atomic E-state index is 10.6. The summed E-state index contributed by atoms with van der Waals surface area (Å²) in [4.78, 5) is 18.5. The Labute approximate surface area is 66.2 Å². The molecule has 0 radical (unpaired) electrons. The van der Waals surface area contributed by atoms with Crippen molar-refractivity contribution in [2.75, 3.05) is 0 Å². The van der Waals surface area contributed by atoms with E-state index in [-0.39, 0.29) is 5.91 Å². The average Bonchev–Trinajstić information content (AvgIpc) is 1.87. The topological polar surface area (TPSA) is 80.4 Å². The number of halogens is 3. The molecule has 0 aromatic carbocycles. The van der Waals surface area contributed by atoms with Crippen molar-refractivity contribution < 1.29 is 27.9 Å². The van der Waals surface area contributed by atoms with Gasteiger partial charge < -0.3 is 10.8 Å². The average molecular weight is 187 g/mol. The van der Waals surface area contributed by atoms with Gasteiger partial charge in [0.15, 0.2) is 0 Å². The summed E-state index contributed by atoms with van der Waals surface area (Å²) in [5.41, 5.74) is 4.65. The van der Waals surface area contributed by atoms with Crippen molar-refractivity contribution in [3.8, 4) is 0 Å². The molecule has 7 heteroatoms. The van der Waals surface area contributed by atoms with Crippen LogP contribution in [0.1, 0.15) is 13.3 Å². The molecule has 4 nitrogen and oxygen atoms in total. The minimum atomic E-state index is -5.08. The van der Waals surface area contributed by atoms with Crippen LogP contribution in [0.5, 0.6) is 0 Å². The van der Waals surface area contributed by atoms with Gasteiger partial charge >= 0.3 is 12.1 Å². The number of nitrogens with two attached hydrogens (primary N) is 1. The van der Waals surface area contributed by atoms with E-state index in [1.165, 1.54) is 0 Å². The van der Waals surface area contributed by atoms with Gasteiger partial charge in [-0.05, 0) is 0 Å². The maximum absolute atomic E-state index is 10.6. The van der Waals surface area contributed by atoms with E-state index in [1.807, 2.05) is 0 Å². The van der Waals surface area contributed by atoms with Gasteiger partial charge in [-0.15, -0.1) is 0 Å². The number of primary amides is 1. The molecule has 0 bridgehead atoms. The lowest BCUT2D eigenvalue weighted by molar-refractivity contribution is -0.192. The molecule has 0 atom stereocenters. The standard InChI is InChI=1S/C3H7NO.C2HF3O2/c1-2-3(4)5;3-2(4,5)1(6)7/h2H2,1H3,(H2,4,5);(H,6,7). The molecule has 0 unspecified atom stereocenters. The first-order valence-corrected chi connectivity index (χ1v) is 2.80. The highest BCUT2D eigenvalue weighted by molar-refractivity contribution is 5.73. The Morgan fingerprint density at radius 1 is 1.42 bits per heavy atom. The molecule has 72 valence electrons. The van der Waals surface area contributed by atoms with E-state index in [0.29, 0.717) is 6.42 Å². The van der Waals surface area contributed by atoms with Crippen LogP contribution >= 0.6 is 0 Å². The second kappa shape index (κ2) is 5.39. The number of carbonyl (C=O) groups is 2. The summed E-state index contributed by atoms with van der Waals surface area (Å²) in [7, 11) is 0. The smallest absolute Gasteiger partial charge is 0.475 e. The number of amides is 1. The van der Waals surface area contributed by atoms with Crippen molar-refractivity contribution in [2.45, 2.75) is 19.5 Å². The van der Waals surface area contributed by atoms with Crippen LogP contribution in [0, 0.1) is 0 Å². The second-order valence-corrected chi connectivity index (χ2v) is 1.62. The van der Waals surface area contributed by atoms with E-state index >= 15 is 0 Å². The van der Waals surface area contributed by atoms with Gasteiger partial charge in [0.1, 0.15) is 0 Å². The predicted molar refractivity (Wildman–Crippen MR) is 33.2 cm³/mol. The second-order valence-electron chi connectivity index (χ2n) is 1.62. The van der Waals surface area contributed by atoms with Crippen LogP contribution in [0.3, 0.4) is 0 Å². The van der Waals surface area contributed by atoms with Crippen LogP contribution in [-0.2, 0) is 9.59 Å². The quantitative estimate of drug-likeness (QED) is 0.627. The van der Waals surface area contributed by atoms with Crippen LogP contribution < -0.4 is 5.73 Å². The minimum absolute atomic E-state index is 0.245. The van der Waals surface area contributed by atoms with E-state index in [4.69, 9.17) is 9.90 Å². The molecule has 12 heavy (non-hydrogen) atoms. The first-order chi connectivity index (χ1) is 5.21. The summed E-state index contributed by atoms with van der Waals surface area (Å²) in [6.45, 7) is 1.72. The summed E-state index contributed by atoms with van der Waals surface area (Å²) in [6, 6.07) is 0. The lowest BCUT2D eigenvalue weighted by atomic mass is 10.5. The molecule has 0 saturated heterocycles. The fourth-order valence-corrected chi connectivity index (χ4v) is 0. The Morgan fingerprint density at radius 3 is 1.58 bits per heavy atom. The highest BCUT2D eigenvalue weighted by Crippen LogP contribution is 2.13. The van der Waals surface area contributed by atoms with Gasteiger partial charge in [-0.2, -0.15) is 13.2 Å². The molecule has 0 spiro atoms. The van der Waals surface area contributed by atoms with Gasteiger partial charge in [0, 0.05) is 6.42 Å². The highest BCUT2D eigenvalue weighted by Gasteiger charge is 2.38. The van der Waals surface area contributed by atoms with E-state index in [1.54, 1.807) is 6.92 Å². The third-order valence-electron chi connectivity index (χ3n) is 0.591. The summed E-state index contributed by atoms with van der Waals surface area (Å²) in [6.07, 6.45) is -4.64. The van der Waals surface area contributed by atoms with E-state index in [2.05, 4.69) is 5.73 Å². The summed E-state index contributed by atoms with van der Waals surface area (Å²) in [5.74, 6) is -3.00. The maximum Gasteiger partial charge on any atom is 0.490 e. The fraction of sp³-hybridized carbons (Fsp3) is 0.600. The molecule has 0 aromatic heterocycles. The Morgan fingerprint density at radius 2 is 1.58 bits per heavy atom. The van der Waals surface area contributed by atoms with Crippen LogP contribution in [0.25, 0.3) is 0 Å². The Hall–Kier alpha value is -1.27. The number of carboxylic acids is 1. The molecule has 0 aliphatic heterocycles. The molecule has 0 aliphatic rings. The highest BCUT2D eigenvalue weighted by atomic mass is 19.4. The Kier molecular flexibility index (Phi) is 5.99. The van der Waals surface area contributed by atoms with Gasteiger partial charge in [-0.3, -0.25) is 4.79 Å². The predicted octanol–water partition coefficient (Wildman–Crippen LogP) is 0.515. The SMILES string of the molecule is CCC(N)=O.O=C(O)C(F)(F)F. The summed E-state index contributed by atoms with van der Waals surface area (Å²) >= 11 is 0.